The van der Waals surface area contributed by atoms with Gasteiger partial charge in [-0.3, -0.25) is 4.79 Å². The predicted octanol–water partition coefficient (Wildman–Crippen LogP) is 3.01. The molecule has 0 radical (unpaired) electrons. The zero-order chi connectivity index (χ0) is 26.2. The molecule has 1 aromatic carbocycles. The minimum Gasteiger partial charge on any atom is -0.478 e. The van der Waals surface area contributed by atoms with Crippen molar-refractivity contribution in [2.45, 2.75) is 42.7 Å². The average Bonchev–Trinajstić information content (AvgIpc) is 3.36. The number of pyridine rings is 1. The maximum atomic E-state index is 13.2. The van der Waals surface area contributed by atoms with Gasteiger partial charge in [0.1, 0.15) is 23.0 Å². The first-order valence-corrected chi connectivity index (χ1v) is 13.3. The number of amides is 1. The van der Waals surface area contributed by atoms with Crippen molar-refractivity contribution in [2.75, 3.05) is 18.5 Å². The van der Waals surface area contributed by atoms with Crippen LogP contribution >= 0.6 is 23.2 Å². The molecule has 2 aromatic rings. The fourth-order valence-corrected chi connectivity index (χ4v) is 5.93. The van der Waals surface area contributed by atoms with E-state index in [0.717, 1.165) is 0 Å². The van der Waals surface area contributed by atoms with Gasteiger partial charge in [0.05, 0.1) is 10.0 Å². The SMILES string of the molecule is O=C(NC(CCCCCNc1ccccn1)(NS(=O)(=O)c1c(Cl)cccc1Cl)C(=O)O)C1=NOCC1. The highest BCUT2D eigenvalue weighted by molar-refractivity contribution is 7.89. The third-order valence-corrected chi connectivity index (χ3v) is 7.70. The van der Waals surface area contributed by atoms with Gasteiger partial charge in [0.25, 0.3) is 5.91 Å². The summed E-state index contributed by atoms with van der Waals surface area (Å²) in [5.41, 5.74) is -2.44. The number of carboxylic acids is 1. The lowest BCUT2D eigenvalue weighted by Crippen LogP contribution is -2.66. The van der Waals surface area contributed by atoms with Crippen LogP contribution in [0.15, 0.2) is 52.6 Å². The predicted molar refractivity (Wildman–Crippen MR) is 134 cm³/mol. The van der Waals surface area contributed by atoms with Crippen molar-refractivity contribution in [1.29, 1.82) is 0 Å². The maximum absolute atomic E-state index is 13.2. The van der Waals surface area contributed by atoms with E-state index in [4.69, 9.17) is 28.0 Å². The molecule has 0 saturated carbocycles. The van der Waals surface area contributed by atoms with Crippen molar-refractivity contribution in [2.24, 2.45) is 5.16 Å². The van der Waals surface area contributed by atoms with Crippen LogP contribution in [0.2, 0.25) is 10.0 Å². The van der Waals surface area contributed by atoms with Crippen LogP contribution in [0.4, 0.5) is 5.82 Å². The van der Waals surface area contributed by atoms with E-state index in [-0.39, 0.29) is 41.6 Å². The lowest BCUT2D eigenvalue weighted by atomic mass is 10.0. The van der Waals surface area contributed by atoms with Crippen LogP contribution in [0.1, 0.15) is 32.1 Å². The zero-order valence-corrected chi connectivity index (χ0v) is 21.4. The molecule has 11 nitrogen and oxygen atoms in total. The van der Waals surface area contributed by atoms with Crippen LogP contribution in [0.5, 0.6) is 0 Å². The van der Waals surface area contributed by atoms with Crippen molar-refractivity contribution in [3.05, 3.63) is 52.6 Å². The zero-order valence-electron chi connectivity index (χ0n) is 19.0. The molecule has 1 atom stereocenters. The number of nitrogens with one attached hydrogen (secondary N) is 3. The second kappa shape index (κ2) is 12.3. The topological polar surface area (TPSA) is 159 Å². The Balaban J connectivity index is 1.77. The molecule has 3 rings (SSSR count). The second-order valence-electron chi connectivity index (χ2n) is 7.89. The van der Waals surface area contributed by atoms with E-state index >= 15 is 0 Å². The molecule has 1 aliphatic heterocycles. The lowest BCUT2D eigenvalue weighted by molar-refractivity contribution is -0.148. The van der Waals surface area contributed by atoms with Gasteiger partial charge >= 0.3 is 5.97 Å². The largest absolute Gasteiger partial charge is 0.478 e. The van der Waals surface area contributed by atoms with E-state index in [2.05, 4.69) is 25.5 Å². The Morgan fingerprint density at radius 3 is 2.44 bits per heavy atom. The number of hydrogen-bond acceptors (Lipinski definition) is 8. The summed E-state index contributed by atoms with van der Waals surface area (Å²) in [5, 5.41) is 18.7. The standard InChI is InChI=1S/C22H25Cl2N5O6S/c23-15-7-6-8-16(24)19(15)36(33,34)29-22(21(31)32,27-20(30)17-10-14-35-28-17)11-3-1-4-12-25-18-9-2-5-13-26-18/h2,5-9,13,29H,1,3-4,10-12,14H2,(H,25,26)(H,27,30)(H,31,32). The van der Waals surface area contributed by atoms with E-state index in [1.54, 1.807) is 12.3 Å². The summed E-state index contributed by atoms with van der Waals surface area (Å²) in [5.74, 6) is -1.76. The van der Waals surface area contributed by atoms with Gasteiger partial charge in [0.15, 0.2) is 0 Å². The van der Waals surface area contributed by atoms with Crippen LogP contribution in [0.25, 0.3) is 0 Å². The number of aromatic nitrogens is 1. The average molecular weight is 558 g/mol. The summed E-state index contributed by atoms with van der Waals surface area (Å²) in [6, 6.07) is 9.52. The second-order valence-corrected chi connectivity index (χ2v) is 10.3. The first-order valence-electron chi connectivity index (χ1n) is 11.0. The third kappa shape index (κ3) is 7.06. The number of unbranched alkanes of at least 4 members (excludes halogenated alkanes) is 2. The van der Waals surface area contributed by atoms with E-state index in [0.29, 0.717) is 25.2 Å². The number of carbonyl (C=O) groups excluding carboxylic acids is 1. The Bertz CT molecular complexity index is 1210. The third-order valence-electron chi connectivity index (χ3n) is 5.25. The minimum absolute atomic E-state index is 0.0461. The summed E-state index contributed by atoms with van der Waals surface area (Å²) in [6.45, 7) is 0.728. The summed E-state index contributed by atoms with van der Waals surface area (Å²) < 4.78 is 28.6. The monoisotopic (exact) mass is 557 g/mol. The van der Waals surface area contributed by atoms with Crippen LogP contribution in [-0.4, -0.2) is 54.9 Å². The number of sulfonamides is 1. The summed E-state index contributed by atoms with van der Waals surface area (Å²) >= 11 is 12.1. The Kier molecular flexibility index (Phi) is 9.49. The van der Waals surface area contributed by atoms with Gasteiger partial charge in [-0.1, -0.05) is 46.9 Å². The smallest absolute Gasteiger partial charge is 0.345 e. The molecule has 0 spiro atoms. The number of rotatable bonds is 13. The minimum atomic E-state index is -4.58. The first-order chi connectivity index (χ1) is 17.1. The molecule has 4 N–H and O–H groups in total. The van der Waals surface area contributed by atoms with Gasteiger partial charge in [0, 0.05) is 19.2 Å². The summed E-state index contributed by atoms with van der Waals surface area (Å²) in [4.78, 5) is 33.7. The number of nitrogens with zero attached hydrogens (tertiary/aromatic N) is 2. The van der Waals surface area contributed by atoms with Crippen LogP contribution in [0, 0.1) is 0 Å². The number of benzene rings is 1. The number of halogens is 2. The van der Waals surface area contributed by atoms with Gasteiger partial charge in [0.2, 0.25) is 15.7 Å². The molecule has 0 saturated heterocycles. The molecular weight excluding hydrogens is 533 g/mol. The number of carboxylic acid groups (broad SMARTS) is 1. The molecule has 14 heteroatoms. The van der Waals surface area contributed by atoms with E-state index in [9.17, 15) is 23.1 Å². The number of hydrogen-bond donors (Lipinski definition) is 4. The van der Waals surface area contributed by atoms with E-state index < -0.39 is 32.5 Å². The molecule has 36 heavy (non-hydrogen) atoms. The van der Waals surface area contributed by atoms with Gasteiger partial charge in [-0.15, -0.1) is 0 Å². The number of anilines is 1. The van der Waals surface area contributed by atoms with Crippen LogP contribution in [0.3, 0.4) is 0 Å². The molecular formula is C22H25Cl2N5O6S. The molecule has 1 aliphatic rings. The summed E-state index contributed by atoms with van der Waals surface area (Å²) in [6.07, 6.45) is 2.99. The highest BCUT2D eigenvalue weighted by atomic mass is 35.5. The van der Waals surface area contributed by atoms with Crippen molar-refractivity contribution < 1.29 is 28.0 Å². The normalized spacial score (nSPS) is 14.9. The van der Waals surface area contributed by atoms with Crippen molar-refractivity contribution in [1.82, 2.24) is 15.0 Å². The van der Waals surface area contributed by atoms with Crippen molar-refractivity contribution in [3.63, 3.8) is 0 Å². The van der Waals surface area contributed by atoms with Gasteiger partial charge in [-0.25, -0.2) is 18.2 Å². The molecule has 0 aliphatic carbocycles. The number of oxime groups is 1. The van der Waals surface area contributed by atoms with Gasteiger partial charge in [-0.05, 0) is 43.5 Å². The Hall–Kier alpha value is -2.93. The maximum Gasteiger partial charge on any atom is 0.345 e. The van der Waals surface area contributed by atoms with Crippen molar-refractivity contribution in [3.8, 4) is 0 Å². The van der Waals surface area contributed by atoms with Gasteiger partial charge < -0.3 is 20.6 Å². The lowest BCUT2D eigenvalue weighted by Gasteiger charge is -2.31. The Labute approximate surface area is 218 Å². The number of aliphatic carboxylic acids is 1. The van der Waals surface area contributed by atoms with Crippen molar-refractivity contribution >= 4 is 56.6 Å². The molecule has 194 valence electrons. The molecule has 0 fully saturated rings. The quantitative estimate of drug-likeness (QED) is 0.216. The van der Waals surface area contributed by atoms with Gasteiger partial charge in [-0.2, -0.15) is 4.72 Å². The number of carbonyl (C=O) groups is 2. The molecule has 1 aromatic heterocycles. The fraction of sp³-hybridized carbons (Fsp3) is 0.364. The Morgan fingerprint density at radius 2 is 1.83 bits per heavy atom. The summed E-state index contributed by atoms with van der Waals surface area (Å²) in [7, 11) is -4.58. The molecule has 1 amide bonds. The Morgan fingerprint density at radius 1 is 1.08 bits per heavy atom. The highest BCUT2D eigenvalue weighted by Gasteiger charge is 2.45. The van der Waals surface area contributed by atoms with Crippen LogP contribution < -0.4 is 15.4 Å². The van der Waals surface area contributed by atoms with E-state index in [1.165, 1.54) is 18.2 Å². The van der Waals surface area contributed by atoms with Crippen LogP contribution in [-0.2, 0) is 24.4 Å². The fourth-order valence-electron chi connectivity index (χ4n) is 3.47. The first kappa shape index (κ1) is 27.7. The molecule has 2 heterocycles. The molecule has 0 bridgehead atoms. The van der Waals surface area contributed by atoms with E-state index in [1.807, 2.05) is 12.1 Å². The highest BCUT2D eigenvalue weighted by Crippen LogP contribution is 2.30. The molecule has 1 unspecified atom stereocenters.